The molecule has 19 heavy (non-hydrogen) atoms. The highest BCUT2D eigenvalue weighted by atomic mass is 32.1. The Balaban J connectivity index is 1.85. The molecule has 6 heteroatoms. The lowest BCUT2D eigenvalue weighted by molar-refractivity contribution is -0.127. The van der Waals surface area contributed by atoms with Crippen molar-refractivity contribution in [2.45, 2.75) is 26.3 Å². The molecule has 1 aliphatic rings. The maximum Gasteiger partial charge on any atom is 0.262 e. The van der Waals surface area contributed by atoms with Gasteiger partial charge in [0.1, 0.15) is 4.83 Å². The van der Waals surface area contributed by atoms with Gasteiger partial charge < -0.3 is 4.90 Å². The zero-order valence-electron chi connectivity index (χ0n) is 10.8. The van der Waals surface area contributed by atoms with Gasteiger partial charge in [-0.2, -0.15) is 0 Å². The highest BCUT2D eigenvalue weighted by Gasteiger charge is 2.19. The van der Waals surface area contributed by atoms with Crippen LogP contribution in [0.2, 0.25) is 0 Å². The molecule has 2 aromatic rings. The molecular formula is C13H15N3O2S. The van der Waals surface area contributed by atoms with Crippen LogP contribution < -0.4 is 5.56 Å². The molecule has 0 spiro atoms. The smallest absolute Gasteiger partial charge is 0.262 e. The second-order valence-electron chi connectivity index (χ2n) is 4.83. The molecule has 2 aromatic heterocycles. The average molecular weight is 277 g/mol. The van der Waals surface area contributed by atoms with Crippen molar-refractivity contribution in [1.82, 2.24) is 14.5 Å². The molecule has 1 fully saturated rings. The van der Waals surface area contributed by atoms with E-state index in [2.05, 4.69) is 4.98 Å². The number of aromatic nitrogens is 2. The number of aryl methyl sites for hydroxylation is 1. The van der Waals surface area contributed by atoms with E-state index in [1.54, 1.807) is 10.9 Å². The number of amides is 1. The molecule has 1 amide bonds. The third kappa shape index (κ3) is 2.16. The molecule has 0 N–H and O–H groups in total. The van der Waals surface area contributed by atoms with E-state index in [1.165, 1.54) is 11.3 Å². The Bertz CT molecular complexity index is 689. The molecule has 0 aliphatic carbocycles. The Morgan fingerprint density at radius 2 is 2.21 bits per heavy atom. The van der Waals surface area contributed by atoms with Crippen LogP contribution in [0.5, 0.6) is 0 Å². The monoisotopic (exact) mass is 277 g/mol. The van der Waals surface area contributed by atoms with Crippen molar-refractivity contribution in [3.63, 3.8) is 0 Å². The SMILES string of the molecule is Cc1csc2ncn(CCN3CCCC3=O)c(=O)c12. The van der Waals surface area contributed by atoms with Gasteiger partial charge in [0.05, 0.1) is 11.7 Å². The van der Waals surface area contributed by atoms with Crippen LogP contribution in [0.3, 0.4) is 0 Å². The van der Waals surface area contributed by atoms with E-state index in [0.29, 0.717) is 24.9 Å². The van der Waals surface area contributed by atoms with Crippen LogP contribution in [-0.2, 0) is 11.3 Å². The Kier molecular flexibility index (Phi) is 3.10. The number of hydrogen-bond donors (Lipinski definition) is 0. The number of carbonyl (C=O) groups is 1. The van der Waals surface area contributed by atoms with Gasteiger partial charge in [0.2, 0.25) is 5.91 Å². The molecule has 100 valence electrons. The summed E-state index contributed by atoms with van der Waals surface area (Å²) < 4.78 is 1.60. The van der Waals surface area contributed by atoms with E-state index in [1.807, 2.05) is 17.2 Å². The van der Waals surface area contributed by atoms with Gasteiger partial charge in [-0.05, 0) is 24.3 Å². The van der Waals surface area contributed by atoms with Gasteiger partial charge in [-0.15, -0.1) is 11.3 Å². The second kappa shape index (κ2) is 4.77. The highest BCUT2D eigenvalue weighted by molar-refractivity contribution is 7.16. The van der Waals surface area contributed by atoms with Crippen LogP contribution in [0.1, 0.15) is 18.4 Å². The molecule has 0 aromatic carbocycles. The summed E-state index contributed by atoms with van der Waals surface area (Å²) in [6, 6.07) is 0. The van der Waals surface area contributed by atoms with Gasteiger partial charge in [0.15, 0.2) is 0 Å². The fourth-order valence-corrected chi connectivity index (χ4v) is 3.31. The predicted molar refractivity (Wildman–Crippen MR) is 74.4 cm³/mol. The minimum absolute atomic E-state index is 0.00426. The third-order valence-corrected chi connectivity index (χ3v) is 4.53. The van der Waals surface area contributed by atoms with Crippen molar-refractivity contribution in [2.75, 3.05) is 13.1 Å². The lowest BCUT2D eigenvalue weighted by Gasteiger charge is -2.15. The van der Waals surface area contributed by atoms with E-state index < -0.39 is 0 Å². The second-order valence-corrected chi connectivity index (χ2v) is 5.68. The largest absolute Gasteiger partial charge is 0.341 e. The lowest BCUT2D eigenvalue weighted by atomic mass is 10.3. The standard InChI is InChI=1S/C13H15N3O2S/c1-9-7-19-12-11(9)13(18)16(8-14-12)6-5-15-4-2-3-10(15)17/h7-8H,2-6H2,1H3. The first-order chi connectivity index (χ1) is 9.16. The average Bonchev–Trinajstić information content (AvgIpc) is 2.96. The minimum Gasteiger partial charge on any atom is -0.341 e. The lowest BCUT2D eigenvalue weighted by Crippen LogP contribution is -2.31. The van der Waals surface area contributed by atoms with Gasteiger partial charge in [-0.1, -0.05) is 0 Å². The van der Waals surface area contributed by atoms with Crippen molar-refractivity contribution in [3.05, 3.63) is 27.6 Å². The topological polar surface area (TPSA) is 55.2 Å². The van der Waals surface area contributed by atoms with Gasteiger partial charge in [0.25, 0.3) is 5.56 Å². The number of carbonyl (C=O) groups excluding carboxylic acids is 1. The molecule has 0 atom stereocenters. The van der Waals surface area contributed by atoms with Crippen LogP contribution in [0.25, 0.3) is 10.2 Å². The van der Waals surface area contributed by atoms with Crippen molar-refractivity contribution >= 4 is 27.5 Å². The number of nitrogens with zero attached hydrogens (tertiary/aromatic N) is 3. The van der Waals surface area contributed by atoms with Crippen LogP contribution in [0.15, 0.2) is 16.5 Å². The zero-order valence-corrected chi connectivity index (χ0v) is 11.6. The first-order valence-corrected chi connectivity index (χ1v) is 7.26. The van der Waals surface area contributed by atoms with E-state index in [-0.39, 0.29) is 11.5 Å². The Labute approximate surface area is 114 Å². The molecule has 5 nitrogen and oxygen atoms in total. The zero-order chi connectivity index (χ0) is 13.4. The fourth-order valence-electron chi connectivity index (χ4n) is 2.43. The molecule has 0 bridgehead atoms. The number of likely N-dealkylation sites (tertiary alicyclic amines) is 1. The molecule has 1 saturated heterocycles. The maximum atomic E-state index is 12.3. The van der Waals surface area contributed by atoms with Crippen LogP contribution in [-0.4, -0.2) is 33.4 Å². The van der Waals surface area contributed by atoms with E-state index in [4.69, 9.17) is 0 Å². The Hall–Kier alpha value is -1.69. The van der Waals surface area contributed by atoms with Crippen LogP contribution in [0, 0.1) is 6.92 Å². The van der Waals surface area contributed by atoms with Gasteiger partial charge in [-0.3, -0.25) is 14.2 Å². The predicted octanol–water partition coefficient (Wildman–Crippen LogP) is 1.39. The van der Waals surface area contributed by atoms with Gasteiger partial charge in [0, 0.05) is 26.1 Å². The summed E-state index contributed by atoms with van der Waals surface area (Å²) in [5, 5.41) is 2.66. The van der Waals surface area contributed by atoms with Gasteiger partial charge in [-0.25, -0.2) is 4.98 Å². The maximum absolute atomic E-state index is 12.3. The molecule has 0 saturated carbocycles. The summed E-state index contributed by atoms with van der Waals surface area (Å²) in [5.41, 5.74) is 0.972. The van der Waals surface area contributed by atoms with Gasteiger partial charge >= 0.3 is 0 Å². The Morgan fingerprint density at radius 3 is 2.95 bits per heavy atom. The normalized spacial score (nSPS) is 15.6. The van der Waals surface area contributed by atoms with E-state index >= 15 is 0 Å². The number of thiophene rings is 1. The number of fused-ring (bicyclic) bond motifs is 1. The van der Waals surface area contributed by atoms with Crippen LogP contribution >= 0.6 is 11.3 Å². The first kappa shape index (κ1) is 12.3. The minimum atomic E-state index is -0.00426. The highest BCUT2D eigenvalue weighted by Crippen LogP contribution is 2.19. The van der Waals surface area contributed by atoms with Crippen molar-refractivity contribution in [3.8, 4) is 0 Å². The summed E-state index contributed by atoms with van der Waals surface area (Å²) in [6.07, 6.45) is 3.14. The van der Waals surface area contributed by atoms with Crippen molar-refractivity contribution < 1.29 is 4.79 Å². The molecule has 3 heterocycles. The molecule has 0 radical (unpaired) electrons. The fraction of sp³-hybridized carbons (Fsp3) is 0.462. The van der Waals surface area contributed by atoms with Crippen LogP contribution in [0.4, 0.5) is 0 Å². The summed E-state index contributed by atoms with van der Waals surface area (Å²) in [6.45, 7) is 3.84. The summed E-state index contributed by atoms with van der Waals surface area (Å²) in [4.78, 5) is 30.8. The quantitative estimate of drug-likeness (QED) is 0.852. The summed E-state index contributed by atoms with van der Waals surface area (Å²) in [5.74, 6) is 0.189. The molecule has 3 rings (SSSR count). The van der Waals surface area contributed by atoms with Crippen molar-refractivity contribution in [1.29, 1.82) is 0 Å². The summed E-state index contributed by atoms with van der Waals surface area (Å²) in [7, 11) is 0. The third-order valence-electron chi connectivity index (χ3n) is 3.53. The van der Waals surface area contributed by atoms with E-state index in [0.717, 1.165) is 23.4 Å². The molecule has 1 aliphatic heterocycles. The van der Waals surface area contributed by atoms with E-state index in [9.17, 15) is 9.59 Å². The number of hydrogen-bond acceptors (Lipinski definition) is 4. The molecule has 0 unspecified atom stereocenters. The number of rotatable bonds is 3. The summed E-state index contributed by atoms with van der Waals surface area (Å²) >= 11 is 1.49. The molecular weight excluding hydrogens is 262 g/mol. The first-order valence-electron chi connectivity index (χ1n) is 6.38. The Morgan fingerprint density at radius 1 is 1.37 bits per heavy atom. The van der Waals surface area contributed by atoms with Crippen molar-refractivity contribution in [2.24, 2.45) is 0 Å².